The maximum Gasteiger partial charge on any atom is 0.308 e. The number of likely N-dealkylation sites (tertiary alicyclic amines) is 1. The molecule has 1 aliphatic rings. The molecule has 0 spiro atoms. The average molecular weight is 371 g/mol. The largest absolute Gasteiger partial charge is 0.497 e. The van der Waals surface area contributed by atoms with E-state index in [0.717, 1.165) is 16.2 Å². The van der Waals surface area contributed by atoms with Gasteiger partial charge in [0, 0.05) is 23.9 Å². The molecule has 1 heterocycles. The lowest BCUT2D eigenvalue weighted by Crippen LogP contribution is -2.31. The third-order valence-corrected chi connectivity index (χ3v) is 5.64. The van der Waals surface area contributed by atoms with Crippen molar-refractivity contribution in [3.8, 4) is 5.75 Å². The number of hydrogen-bond acceptors (Lipinski definition) is 4. The minimum atomic E-state index is -0.850. The molecule has 3 rings (SSSR count). The number of nitrogens with zero attached hydrogens (tertiary/aromatic N) is 1. The summed E-state index contributed by atoms with van der Waals surface area (Å²) in [5.74, 6) is -0.543. The van der Waals surface area contributed by atoms with Crippen molar-refractivity contribution in [1.82, 2.24) is 4.90 Å². The maximum absolute atomic E-state index is 12.6. The smallest absolute Gasteiger partial charge is 0.308 e. The zero-order valence-corrected chi connectivity index (χ0v) is 15.3. The molecule has 6 heteroatoms. The van der Waals surface area contributed by atoms with Crippen LogP contribution in [-0.4, -0.2) is 47.8 Å². The van der Waals surface area contributed by atoms with Gasteiger partial charge in [0.15, 0.2) is 0 Å². The predicted octanol–water partition coefficient (Wildman–Crippen LogP) is 3.11. The van der Waals surface area contributed by atoms with Gasteiger partial charge in [-0.3, -0.25) is 9.59 Å². The summed E-state index contributed by atoms with van der Waals surface area (Å²) in [5, 5.41) is 9.55. The lowest BCUT2D eigenvalue weighted by atomic mass is 9.89. The second-order valence-electron chi connectivity index (χ2n) is 6.22. The van der Waals surface area contributed by atoms with Gasteiger partial charge in [-0.1, -0.05) is 30.3 Å². The van der Waals surface area contributed by atoms with Crippen molar-refractivity contribution < 1.29 is 19.4 Å². The van der Waals surface area contributed by atoms with Crippen LogP contribution in [0.2, 0.25) is 0 Å². The molecule has 2 aromatic carbocycles. The van der Waals surface area contributed by atoms with Crippen LogP contribution in [0.5, 0.6) is 5.75 Å². The fourth-order valence-corrected chi connectivity index (χ4v) is 4.01. The highest BCUT2D eigenvalue weighted by molar-refractivity contribution is 8.00. The van der Waals surface area contributed by atoms with E-state index in [2.05, 4.69) is 0 Å². The summed E-state index contributed by atoms with van der Waals surface area (Å²) in [4.78, 5) is 26.9. The van der Waals surface area contributed by atoms with Crippen molar-refractivity contribution in [1.29, 1.82) is 0 Å². The Kier molecular flexibility index (Phi) is 5.83. The van der Waals surface area contributed by atoms with Gasteiger partial charge in [0.05, 0.1) is 18.8 Å². The number of thioether (sulfide) groups is 1. The number of rotatable bonds is 6. The van der Waals surface area contributed by atoms with E-state index >= 15 is 0 Å². The van der Waals surface area contributed by atoms with E-state index in [1.807, 2.05) is 54.6 Å². The summed E-state index contributed by atoms with van der Waals surface area (Å²) in [5.41, 5.74) is 0.970. The fourth-order valence-electron chi connectivity index (χ4n) is 3.20. The number of aliphatic carboxylic acids is 1. The minimum Gasteiger partial charge on any atom is -0.497 e. The molecule has 2 atom stereocenters. The van der Waals surface area contributed by atoms with Gasteiger partial charge in [0.25, 0.3) is 0 Å². The monoisotopic (exact) mass is 371 g/mol. The summed E-state index contributed by atoms with van der Waals surface area (Å²) in [7, 11) is 1.61. The molecule has 5 nitrogen and oxygen atoms in total. The zero-order chi connectivity index (χ0) is 18.5. The molecule has 1 amide bonds. The summed E-state index contributed by atoms with van der Waals surface area (Å²) >= 11 is 1.45. The van der Waals surface area contributed by atoms with Gasteiger partial charge in [-0.2, -0.15) is 0 Å². The number of hydrogen-bond donors (Lipinski definition) is 1. The molecule has 0 bridgehead atoms. The van der Waals surface area contributed by atoms with Crippen LogP contribution in [0.4, 0.5) is 0 Å². The van der Waals surface area contributed by atoms with E-state index in [-0.39, 0.29) is 18.4 Å². The Labute approximate surface area is 157 Å². The molecule has 1 fully saturated rings. The van der Waals surface area contributed by atoms with Crippen LogP contribution in [-0.2, 0) is 9.59 Å². The van der Waals surface area contributed by atoms with Crippen LogP contribution in [0.3, 0.4) is 0 Å². The van der Waals surface area contributed by atoms with Gasteiger partial charge in [-0.15, -0.1) is 11.8 Å². The van der Waals surface area contributed by atoms with Crippen LogP contribution >= 0.6 is 11.8 Å². The number of carboxylic acid groups (broad SMARTS) is 1. The van der Waals surface area contributed by atoms with Crippen LogP contribution in [0.1, 0.15) is 11.5 Å². The number of amides is 1. The standard InChI is InChI=1S/C20H21NO4S/c1-25-15-7-9-16(10-8-15)26-13-19(22)21-11-17(18(12-21)20(23)24)14-5-3-2-4-6-14/h2-10,17-18H,11-13H2,1H3,(H,23,24)/t17-,18-/m0/s1. The Morgan fingerprint density at radius 2 is 1.81 bits per heavy atom. The maximum atomic E-state index is 12.6. The molecule has 26 heavy (non-hydrogen) atoms. The van der Waals surface area contributed by atoms with Crippen LogP contribution in [0.15, 0.2) is 59.5 Å². The summed E-state index contributed by atoms with van der Waals surface area (Å²) in [6.07, 6.45) is 0. The predicted molar refractivity (Wildman–Crippen MR) is 101 cm³/mol. The van der Waals surface area contributed by atoms with Crippen LogP contribution < -0.4 is 4.74 Å². The molecule has 0 unspecified atom stereocenters. The van der Waals surface area contributed by atoms with Gasteiger partial charge in [-0.25, -0.2) is 0 Å². The lowest BCUT2D eigenvalue weighted by Gasteiger charge is -2.16. The van der Waals surface area contributed by atoms with E-state index in [0.29, 0.717) is 12.3 Å². The molecule has 1 aliphatic heterocycles. The molecule has 1 saturated heterocycles. The number of benzene rings is 2. The quantitative estimate of drug-likeness (QED) is 0.791. The molecule has 2 aromatic rings. The minimum absolute atomic E-state index is 0.0319. The molecular weight excluding hydrogens is 350 g/mol. The molecule has 136 valence electrons. The Bertz CT molecular complexity index is 763. The molecule has 0 aromatic heterocycles. The summed E-state index contributed by atoms with van der Waals surface area (Å²) < 4.78 is 5.12. The van der Waals surface area contributed by atoms with Crippen molar-refractivity contribution in [3.05, 3.63) is 60.2 Å². The first-order valence-electron chi connectivity index (χ1n) is 8.41. The number of methoxy groups -OCH3 is 1. The van der Waals surface area contributed by atoms with E-state index in [1.54, 1.807) is 12.0 Å². The normalized spacial score (nSPS) is 19.3. The van der Waals surface area contributed by atoms with Gasteiger partial charge in [0.1, 0.15) is 5.75 Å². The number of carboxylic acids is 1. The van der Waals surface area contributed by atoms with Crippen LogP contribution in [0, 0.1) is 5.92 Å². The first-order valence-corrected chi connectivity index (χ1v) is 9.39. The number of carbonyl (C=O) groups is 2. The highest BCUT2D eigenvalue weighted by Gasteiger charge is 2.40. The zero-order valence-electron chi connectivity index (χ0n) is 14.5. The third kappa shape index (κ3) is 4.19. The van der Waals surface area contributed by atoms with E-state index in [9.17, 15) is 14.7 Å². The Morgan fingerprint density at radius 1 is 1.12 bits per heavy atom. The van der Waals surface area contributed by atoms with Crippen molar-refractivity contribution in [2.75, 3.05) is 26.0 Å². The Hall–Kier alpha value is -2.47. The summed E-state index contributed by atoms with van der Waals surface area (Å²) in [6, 6.07) is 17.1. The van der Waals surface area contributed by atoms with Crippen LogP contribution in [0.25, 0.3) is 0 Å². The third-order valence-electron chi connectivity index (χ3n) is 4.64. The second-order valence-corrected chi connectivity index (χ2v) is 7.27. The molecule has 0 aliphatic carbocycles. The first kappa shape index (κ1) is 18.3. The Morgan fingerprint density at radius 3 is 2.42 bits per heavy atom. The highest BCUT2D eigenvalue weighted by atomic mass is 32.2. The van der Waals surface area contributed by atoms with Gasteiger partial charge in [0.2, 0.25) is 5.91 Å². The number of carbonyl (C=O) groups excluding carboxylic acids is 1. The molecule has 1 N–H and O–H groups in total. The van der Waals surface area contributed by atoms with Gasteiger partial charge >= 0.3 is 5.97 Å². The topological polar surface area (TPSA) is 66.8 Å². The van der Waals surface area contributed by atoms with Crippen molar-refractivity contribution in [2.45, 2.75) is 10.8 Å². The second kappa shape index (κ2) is 8.27. The van der Waals surface area contributed by atoms with Gasteiger partial charge < -0.3 is 14.7 Å². The van der Waals surface area contributed by atoms with Gasteiger partial charge in [-0.05, 0) is 29.8 Å². The molecule has 0 radical (unpaired) electrons. The summed E-state index contributed by atoms with van der Waals surface area (Å²) in [6.45, 7) is 0.708. The van der Waals surface area contributed by atoms with Crippen molar-refractivity contribution in [2.24, 2.45) is 5.92 Å². The molecule has 0 saturated carbocycles. The lowest BCUT2D eigenvalue weighted by molar-refractivity contribution is -0.141. The van der Waals surface area contributed by atoms with E-state index in [1.165, 1.54) is 11.8 Å². The first-order chi connectivity index (χ1) is 12.6. The van der Waals surface area contributed by atoms with Crippen molar-refractivity contribution in [3.63, 3.8) is 0 Å². The van der Waals surface area contributed by atoms with Crippen molar-refractivity contribution >= 4 is 23.6 Å². The fraction of sp³-hybridized carbons (Fsp3) is 0.300. The Balaban J connectivity index is 1.63. The average Bonchev–Trinajstić information content (AvgIpc) is 3.13. The molecular formula is C20H21NO4S. The highest BCUT2D eigenvalue weighted by Crippen LogP contribution is 2.33. The van der Waals surface area contributed by atoms with E-state index < -0.39 is 11.9 Å². The van der Waals surface area contributed by atoms with E-state index in [4.69, 9.17) is 4.74 Å². The SMILES string of the molecule is COc1ccc(SCC(=O)N2C[C@H](C(=O)O)[C@H](c3ccccc3)C2)cc1. The number of ether oxygens (including phenoxy) is 1.